The lowest BCUT2D eigenvalue weighted by molar-refractivity contribution is -0.384. The molecule has 0 bridgehead atoms. The summed E-state index contributed by atoms with van der Waals surface area (Å²) in [6, 6.07) is 6.05. The molecule has 0 unspecified atom stereocenters. The van der Waals surface area contributed by atoms with E-state index in [0.717, 1.165) is 11.3 Å². The summed E-state index contributed by atoms with van der Waals surface area (Å²) in [6.45, 7) is 7.02. The van der Waals surface area contributed by atoms with Crippen molar-refractivity contribution >= 4 is 29.4 Å². The first kappa shape index (κ1) is 17.2. The van der Waals surface area contributed by atoms with Gasteiger partial charge in [0.1, 0.15) is 0 Å². The van der Waals surface area contributed by atoms with Gasteiger partial charge in [0.15, 0.2) is 0 Å². The lowest BCUT2D eigenvalue weighted by atomic mass is 10.2. The molecule has 21 heavy (non-hydrogen) atoms. The Labute approximate surface area is 129 Å². The maximum Gasteiger partial charge on any atom is 0.269 e. The van der Waals surface area contributed by atoms with E-state index in [0.29, 0.717) is 6.54 Å². The summed E-state index contributed by atoms with van der Waals surface area (Å²) < 4.78 is 0.194. The summed E-state index contributed by atoms with van der Waals surface area (Å²) in [5, 5.41) is 13.3. The fourth-order valence-corrected chi connectivity index (χ4v) is 2.29. The van der Waals surface area contributed by atoms with E-state index in [1.54, 1.807) is 30.0 Å². The second-order valence-electron chi connectivity index (χ2n) is 5.43. The van der Waals surface area contributed by atoms with E-state index in [1.807, 2.05) is 0 Å². The van der Waals surface area contributed by atoms with Gasteiger partial charge in [0.05, 0.1) is 4.92 Å². The first-order chi connectivity index (χ1) is 9.78. The van der Waals surface area contributed by atoms with Crippen LogP contribution in [0.3, 0.4) is 0 Å². The van der Waals surface area contributed by atoms with Crippen LogP contribution < -0.4 is 5.32 Å². The molecule has 0 aliphatic rings. The highest BCUT2D eigenvalue weighted by Crippen LogP contribution is 2.21. The molecule has 1 aromatic rings. The van der Waals surface area contributed by atoms with Gasteiger partial charge < -0.3 is 5.32 Å². The fraction of sp³-hybridized carbons (Fsp3) is 0.400. The highest BCUT2D eigenvalue weighted by molar-refractivity contribution is 8.00. The Morgan fingerprint density at radius 2 is 1.95 bits per heavy atom. The van der Waals surface area contributed by atoms with Crippen molar-refractivity contribution < 1.29 is 9.72 Å². The number of non-ortho nitro benzene ring substituents is 1. The van der Waals surface area contributed by atoms with Crippen molar-refractivity contribution in [2.75, 3.05) is 12.3 Å². The van der Waals surface area contributed by atoms with Crippen LogP contribution in [-0.4, -0.2) is 27.9 Å². The van der Waals surface area contributed by atoms with E-state index in [9.17, 15) is 14.9 Å². The molecule has 0 radical (unpaired) electrons. The molecule has 0 aliphatic carbocycles. The van der Waals surface area contributed by atoms with Gasteiger partial charge in [0.2, 0.25) is 5.91 Å². The molecule has 0 aliphatic heterocycles. The highest BCUT2D eigenvalue weighted by Gasteiger charge is 2.09. The molecule has 0 fully saturated rings. The molecule has 114 valence electrons. The smallest absolute Gasteiger partial charge is 0.269 e. The molecule has 0 saturated heterocycles. The number of benzene rings is 1. The van der Waals surface area contributed by atoms with E-state index < -0.39 is 4.92 Å². The Morgan fingerprint density at radius 3 is 2.48 bits per heavy atom. The second kappa shape index (κ2) is 7.83. The number of carbonyl (C=O) groups is 1. The number of hydrogen-bond donors (Lipinski definition) is 1. The van der Waals surface area contributed by atoms with Gasteiger partial charge in [-0.3, -0.25) is 14.9 Å². The minimum Gasteiger partial charge on any atom is -0.352 e. The zero-order valence-corrected chi connectivity index (χ0v) is 13.3. The molecule has 6 heteroatoms. The molecule has 5 nitrogen and oxygen atoms in total. The van der Waals surface area contributed by atoms with E-state index >= 15 is 0 Å². The van der Waals surface area contributed by atoms with Crippen molar-refractivity contribution in [2.24, 2.45) is 0 Å². The molecular formula is C15H20N2O3S. The summed E-state index contributed by atoms with van der Waals surface area (Å²) >= 11 is 1.79. The monoisotopic (exact) mass is 308 g/mol. The number of hydrogen-bond acceptors (Lipinski definition) is 4. The normalized spacial score (nSPS) is 11.6. The summed E-state index contributed by atoms with van der Waals surface area (Å²) in [6.07, 6.45) is 3.07. The van der Waals surface area contributed by atoms with Crippen LogP contribution in [0, 0.1) is 10.1 Å². The van der Waals surface area contributed by atoms with E-state index in [-0.39, 0.29) is 16.3 Å². The molecule has 1 amide bonds. The zero-order chi connectivity index (χ0) is 15.9. The largest absolute Gasteiger partial charge is 0.352 e. The van der Waals surface area contributed by atoms with Crippen molar-refractivity contribution in [3.63, 3.8) is 0 Å². The van der Waals surface area contributed by atoms with Gasteiger partial charge in [0.25, 0.3) is 5.69 Å². The Bertz CT molecular complexity index is 519. The molecule has 1 rings (SSSR count). The third-order valence-corrected chi connectivity index (χ3v) is 3.74. The van der Waals surface area contributed by atoms with Crippen molar-refractivity contribution in [1.82, 2.24) is 5.32 Å². The highest BCUT2D eigenvalue weighted by atomic mass is 32.2. The molecule has 0 atom stereocenters. The average molecular weight is 308 g/mol. The van der Waals surface area contributed by atoms with Crippen LogP contribution in [-0.2, 0) is 4.79 Å². The first-order valence-corrected chi connectivity index (χ1v) is 7.61. The van der Waals surface area contributed by atoms with Crippen LogP contribution >= 0.6 is 11.8 Å². The van der Waals surface area contributed by atoms with Gasteiger partial charge in [-0.25, -0.2) is 0 Å². The topological polar surface area (TPSA) is 72.2 Å². The maximum absolute atomic E-state index is 11.6. The second-order valence-corrected chi connectivity index (χ2v) is 7.36. The van der Waals surface area contributed by atoms with Crippen molar-refractivity contribution in [3.05, 3.63) is 46.0 Å². The van der Waals surface area contributed by atoms with Crippen LogP contribution in [0.2, 0.25) is 0 Å². The summed E-state index contributed by atoms with van der Waals surface area (Å²) in [5.41, 5.74) is 0.788. The average Bonchev–Trinajstić information content (AvgIpc) is 2.41. The van der Waals surface area contributed by atoms with Gasteiger partial charge in [-0.1, -0.05) is 20.8 Å². The van der Waals surface area contributed by atoms with Gasteiger partial charge in [-0.15, -0.1) is 0 Å². The standard InChI is InChI=1S/C15H20N2O3S/c1-15(2,3)21-11-10-16-14(18)9-6-12-4-7-13(8-5-12)17(19)20/h4-9H,10-11H2,1-3H3,(H,16,18)/b9-6+. The van der Waals surface area contributed by atoms with Crippen LogP contribution in [0.25, 0.3) is 6.08 Å². The van der Waals surface area contributed by atoms with Gasteiger partial charge in [-0.2, -0.15) is 11.8 Å². The predicted octanol–water partition coefficient (Wildman–Crippen LogP) is 3.26. The Balaban J connectivity index is 2.38. The summed E-state index contributed by atoms with van der Waals surface area (Å²) in [5.74, 6) is 0.698. The van der Waals surface area contributed by atoms with E-state index in [1.165, 1.54) is 18.2 Å². The molecule has 0 heterocycles. The number of rotatable bonds is 6. The quantitative estimate of drug-likeness (QED) is 0.379. The molecular weight excluding hydrogens is 288 g/mol. The minimum atomic E-state index is -0.451. The number of carbonyl (C=O) groups excluding carboxylic acids is 1. The van der Waals surface area contributed by atoms with E-state index in [4.69, 9.17) is 0 Å². The summed E-state index contributed by atoms with van der Waals surface area (Å²) in [4.78, 5) is 21.7. The third kappa shape index (κ3) is 7.51. The number of nitro groups is 1. The lowest BCUT2D eigenvalue weighted by Gasteiger charge is -2.17. The van der Waals surface area contributed by atoms with Gasteiger partial charge >= 0.3 is 0 Å². The maximum atomic E-state index is 11.6. The van der Waals surface area contributed by atoms with Crippen molar-refractivity contribution in [1.29, 1.82) is 0 Å². The fourth-order valence-electron chi connectivity index (χ4n) is 1.47. The van der Waals surface area contributed by atoms with Crippen molar-refractivity contribution in [2.45, 2.75) is 25.5 Å². The molecule has 0 spiro atoms. The Kier molecular flexibility index (Phi) is 6.42. The molecule has 0 saturated carbocycles. The SMILES string of the molecule is CC(C)(C)SCCNC(=O)/C=C/c1ccc([N+](=O)[O-])cc1. The number of amides is 1. The number of nitrogens with one attached hydrogen (secondary N) is 1. The van der Waals surface area contributed by atoms with E-state index in [2.05, 4.69) is 26.1 Å². The minimum absolute atomic E-state index is 0.0378. The van der Waals surface area contributed by atoms with Gasteiger partial charge in [0, 0.05) is 35.3 Å². The first-order valence-electron chi connectivity index (χ1n) is 6.62. The predicted molar refractivity (Wildman–Crippen MR) is 87.4 cm³/mol. The van der Waals surface area contributed by atoms with Crippen molar-refractivity contribution in [3.8, 4) is 0 Å². The Hall–Kier alpha value is -1.82. The molecule has 1 aromatic carbocycles. The number of nitrogens with zero attached hydrogens (tertiary/aromatic N) is 1. The zero-order valence-electron chi connectivity index (χ0n) is 12.5. The molecule has 0 aromatic heterocycles. The van der Waals surface area contributed by atoms with Gasteiger partial charge in [-0.05, 0) is 23.8 Å². The summed E-state index contributed by atoms with van der Waals surface area (Å²) in [7, 11) is 0. The Morgan fingerprint density at radius 1 is 1.33 bits per heavy atom. The lowest BCUT2D eigenvalue weighted by Crippen LogP contribution is -2.25. The van der Waals surface area contributed by atoms with Crippen LogP contribution in [0.15, 0.2) is 30.3 Å². The van der Waals surface area contributed by atoms with Crippen LogP contribution in [0.1, 0.15) is 26.3 Å². The number of nitro benzene ring substituents is 1. The van der Waals surface area contributed by atoms with Crippen LogP contribution in [0.5, 0.6) is 0 Å². The number of thioether (sulfide) groups is 1. The molecule has 1 N–H and O–H groups in total. The third-order valence-electron chi connectivity index (χ3n) is 2.47. The van der Waals surface area contributed by atoms with Crippen LogP contribution in [0.4, 0.5) is 5.69 Å².